The van der Waals surface area contributed by atoms with Gasteiger partial charge in [-0.25, -0.2) is 9.97 Å². The molecule has 0 bridgehead atoms. The van der Waals surface area contributed by atoms with Gasteiger partial charge in [0.05, 0.1) is 5.56 Å². The highest BCUT2D eigenvalue weighted by Gasteiger charge is 2.30. The summed E-state index contributed by atoms with van der Waals surface area (Å²) in [6, 6.07) is 6.13. The Labute approximate surface area is 120 Å². The van der Waals surface area contributed by atoms with Gasteiger partial charge in [0, 0.05) is 25.5 Å². The first kappa shape index (κ1) is 15.1. The number of nitrogens with zero attached hydrogens (tertiary/aromatic N) is 2. The van der Waals surface area contributed by atoms with Crippen LogP contribution in [0.25, 0.3) is 0 Å². The molecule has 0 aliphatic heterocycles. The molecule has 2 N–H and O–H groups in total. The maximum Gasteiger partial charge on any atom is 0.417 e. The van der Waals surface area contributed by atoms with Crippen LogP contribution < -0.4 is 10.6 Å². The lowest BCUT2D eigenvalue weighted by Crippen LogP contribution is -2.15. The molecule has 0 aromatic carbocycles. The number of aryl methyl sites for hydroxylation is 1. The zero-order valence-electron chi connectivity index (χ0n) is 11.4. The first-order chi connectivity index (χ1) is 9.95. The molecule has 0 aliphatic carbocycles. The average molecular weight is 296 g/mol. The summed E-state index contributed by atoms with van der Waals surface area (Å²) in [5, 5.41) is 6.03. The Morgan fingerprint density at radius 1 is 0.905 bits per heavy atom. The van der Waals surface area contributed by atoms with Crippen LogP contribution in [0.5, 0.6) is 0 Å². The molecule has 2 aromatic heterocycles. The summed E-state index contributed by atoms with van der Waals surface area (Å²) in [5.74, 6) is 1.16. The summed E-state index contributed by atoms with van der Waals surface area (Å²) in [6.07, 6.45) is -1.78. The molecule has 4 nitrogen and oxygen atoms in total. The molecule has 0 aliphatic rings. The molecule has 112 valence electrons. The van der Waals surface area contributed by atoms with E-state index < -0.39 is 11.7 Å². The summed E-state index contributed by atoms with van der Waals surface area (Å²) in [4.78, 5) is 7.91. The normalized spacial score (nSPS) is 11.2. The third-order valence-corrected chi connectivity index (χ3v) is 2.74. The molecule has 2 rings (SSSR count). The van der Waals surface area contributed by atoms with Crippen molar-refractivity contribution in [1.29, 1.82) is 0 Å². The highest BCUT2D eigenvalue weighted by molar-refractivity contribution is 5.38. The average Bonchev–Trinajstić information content (AvgIpc) is 2.45. The summed E-state index contributed by atoms with van der Waals surface area (Å²) >= 11 is 0. The van der Waals surface area contributed by atoms with Crippen molar-refractivity contribution in [3.8, 4) is 0 Å². The van der Waals surface area contributed by atoms with Gasteiger partial charge in [0.15, 0.2) is 0 Å². The Balaban J connectivity index is 1.77. The Morgan fingerprint density at radius 3 is 1.90 bits per heavy atom. The molecule has 0 amide bonds. The van der Waals surface area contributed by atoms with Crippen LogP contribution >= 0.6 is 0 Å². The van der Waals surface area contributed by atoms with E-state index in [1.54, 1.807) is 6.20 Å². The smallest absolute Gasteiger partial charge is 0.368 e. The maximum atomic E-state index is 12.4. The van der Waals surface area contributed by atoms with E-state index in [0.29, 0.717) is 18.9 Å². The van der Waals surface area contributed by atoms with Gasteiger partial charge in [-0.2, -0.15) is 13.2 Å². The van der Waals surface area contributed by atoms with E-state index in [2.05, 4.69) is 20.6 Å². The van der Waals surface area contributed by atoms with E-state index in [1.165, 1.54) is 6.07 Å². The van der Waals surface area contributed by atoms with E-state index in [9.17, 15) is 13.2 Å². The fraction of sp³-hybridized carbons (Fsp3) is 0.286. The molecular weight excluding hydrogens is 281 g/mol. The van der Waals surface area contributed by atoms with Gasteiger partial charge in [0.25, 0.3) is 0 Å². The lowest BCUT2D eigenvalue weighted by Gasteiger charge is -2.09. The van der Waals surface area contributed by atoms with Crippen molar-refractivity contribution in [2.45, 2.75) is 13.1 Å². The highest BCUT2D eigenvalue weighted by Crippen LogP contribution is 2.28. The van der Waals surface area contributed by atoms with Gasteiger partial charge in [-0.05, 0) is 30.7 Å². The second-order valence-corrected chi connectivity index (χ2v) is 4.50. The number of halogens is 3. The van der Waals surface area contributed by atoms with Crippen molar-refractivity contribution in [2.75, 3.05) is 23.7 Å². The third-order valence-electron chi connectivity index (χ3n) is 2.74. The molecule has 7 heteroatoms. The molecular formula is C14H15F3N4. The zero-order valence-corrected chi connectivity index (χ0v) is 11.4. The minimum atomic E-state index is -4.36. The predicted octanol–water partition coefficient (Wildman–Crippen LogP) is 3.33. The van der Waals surface area contributed by atoms with Gasteiger partial charge in [-0.1, -0.05) is 6.07 Å². The van der Waals surface area contributed by atoms with E-state index in [1.807, 2.05) is 19.1 Å². The number of rotatable bonds is 5. The van der Waals surface area contributed by atoms with Gasteiger partial charge >= 0.3 is 6.18 Å². The third kappa shape index (κ3) is 4.62. The number of aromatic nitrogens is 2. The Morgan fingerprint density at radius 2 is 1.48 bits per heavy atom. The van der Waals surface area contributed by atoms with Crippen molar-refractivity contribution in [3.05, 3.63) is 47.8 Å². The molecule has 0 atom stereocenters. The van der Waals surface area contributed by atoms with Crippen LogP contribution in [0.1, 0.15) is 11.1 Å². The largest absolute Gasteiger partial charge is 0.417 e. The molecule has 2 aromatic rings. The first-order valence-corrected chi connectivity index (χ1v) is 6.39. The van der Waals surface area contributed by atoms with Gasteiger partial charge in [0.2, 0.25) is 0 Å². The van der Waals surface area contributed by atoms with Gasteiger partial charge in [0.1, 0.15) is 11.6 Å². The minimum Gasteiger partial charge on any atom is -0.368 e. The van der Waals surface area contributed by atoms with Crippen LogP contribution in [0.2, 0.25) is 0 Å². The van der Waals surface area contributed by atoms with E-state index in [-0.39, 0.29) is 0 Å². The highest BCUT2D eigenvalue weighted by atomic mass is 19.4. The van der Waals surface area contributed by atoms with Gasteiger partial charge in [-0.3, -0.25) is 0 Å². The number of hydrogen-bond donors (Lipinski definition) is 2. The fourth-order valence-corrected chi connectivity index (χ4v) is 1.62. The second kappa shape index (κ2) is 6.43. The Hall–Kier alpha value is -2.31. The van der Waals surface area contributed by atoms with Crippen LogP contribution in [-0.4, -0.2) is 23.1 Å². The van der Waals surface area contributed by atoms with E-state index in [4.69, 9.17) is 0 Å². The molecule has 2 heterocycles. The predicted molar refractivity (Wildman–Crippen MR) is 75.2 cm³/mol. The molecule has 0 radical (unpaired) electrons. The Bertz CT molecular complexity index is 564. The number of nitrogens with one attached hydrogen (secondary N) is 2. The molecule has 0 saturated carbocycles. The zero-order chi connectivity index (χ0) is 15.3. The first-order valence-electron chi connectivity index (χ1n) is 6.39. The van der Waals surface area contributed by atoms with Gasteiger partial charge in [-0.15, -0.1) is 0 Å². The monoisotopic (exact) mass is 296 g/mol. The summed E-state index contributed by atoms with van der Waals surface area (Å²) in [6.45, 7) is 3.06. The number of alkyl halides is 3. The van der Waals surface area contributed by atoms with E-state index >= 15 is 0 Å². The SMILES string of the molecule is Cc1ccc(NCCNc2ccc(C(F)(F)F)cn2)nc1. The lowest BCUT2D eigenvalue weighted by atomic mass is 10.3. The van der Waals surface area contributed by atoms with Crippen molar-refractivity contribution < 1.29 is 13.2 Å². The van der Waals surface area contributed by atoms with Crippen LogP contribution in [-0.2, 0) is 6.18 Å². The van der Waals surface area contributed by atoms with Crippen LogP contribution in [0, 0.1) is 6.92 Å². The molecule has 0 unspecified atom stereocenters. The van der Waals surface area contributed by atoms with Crippen molar-refractivity contribution in [1.82, 2.24) is 9.97 Å². The van der Waals surface area contributed by atoms with E-state index in [0.717, 1.165) is 23.6 Å². The second-order valence-electron chi connectivity index (χ2n) is 4.50. The quantitative estimate of drug-likeness (QED) is 0.831. The van der Waals surface area contributed by atoms with Crippen molar-refractivity contribution in [3.63, 3.8) is 0 Å². The van der Waals surface area contributed by atoms with Crippen LogP contribution in [0.3, 0.4) is 0 Å². The summed E-state index contributed by atoms with van der Waals surface area (Å²) in [7, 11) is 0. The van der Waals surface area contributed by atoms with Crippen molar-refractivity contribution in [2.24, 2.45) is 0 Å². The number of hydrogen-bond acceptors (Lipinski definition) is 4. The fourth-order valence-electron chi connectivity index (χ4n) is 1.62. The molecule has 21 heavy (non-hydrogen) atoms. The standard InChI is InChI=1S/C14H15F3N4/c1-10-2-4-12(20-8-10)18-6-7-19-13-5-3-11(9-21-13)14(15,16)17/h2-5,8-9H,6-7H2,1H3,(H,18,20)(H,19,21). The number of anilines is 2. The van der Waals surface area contributed by atoms with Gasteiger partial charge < -0.3 is 10.6 Å². The van der Waals surface area contributed by atoms with Crippen LogP contribution in [0.4, 0.5) is 24.8 Å². The lowest BCUT2D eigenvalue weighted by molar-refractivity contribution is -0.137. The topological polar surface area (TPSA) is 49.8 Å². The van der Waals surface area contributed by atoms with Crippen molar-refractivity contribution >= 4 is 11.6 Å². The number of pyridine rings is 2. The Kier molecular flexibility index (Phi) is 4.62. The summed E-state index contributed by atoms with van der Waals surface area (Å²) < 4.78 is 37.1. The molecule has 0 spiro atoms. The maximum absolute atomic E-state index is 12.4. The molecule has 0 saturated heterocycles. The minimum absolute atomic E-state index is 0.404. The summed E-state index contributed by atoms with van der Waals surface area (Å²) in [5.41, 5.74) is 0.322. The molecule has 0 fully saturated rings. The van der Waals surface area contributed by atoms with Crippen LogP contribution in [0.15, 0.2) is 36.7 Å².